The maximum Gasteiger partial charge on any atom is 0.402 e. The van der Waals surface area contributed by atoms with E-state index in [-0.39, 0.29) is 11.9 Å². The third-order valence-corrected chi connectivity index (χ3v) is 6.30. The van der Waals surface area contributed by atoms with Gasteiger partial charge in [0.1, 0.15) is 11.4 Å². The lowest BCUT2D eigenvalue weighted by Gasteiger charge is -2.35. The smallest absolute Gasteiger partial charge is 0.385 e. The molecular formula is C20H31N6O4+. The van der Waals surface area contributed by atoms with Gasteiger partial charge in [-0.05, 0) is 13.8 Å². The summed E-state index contributed by atoms with van der Waals surface area (Å²) in [5.41, 5.74) is 2.08. The van der Waals surface area contributed by atoms with E-state index in [9.17, 15) is 9.59 Å². The largest absolute Gasteiger partial charge is 0.402 e. The summed E-state index contributed by atoms with van der Waals surface area (Å²) in [6.07, 6.45) is 0.850. The van der Waals surface area contributed by atoms with Crippen LogP contribution in [0.5, 0.6) is 0 Å². The number of ether oxygens (including phenoxy) is 2. The van der Waals surface area contributed by atoms with Gasteiger partial charge in [-0.3, -0.25) is 19.5 Å². The van der Waals surface area contributed by atoms with Crippen molar-refractivity contribution < 1.29 is 23.6 Å². The number of aromatic nitrogens is 2. The molecule has 30 heavy (non-hydrogen) atoms. The molecule has 4 heterocycles. The highest BCUT2D eigenvalue weighted by molar-refractivity contribution is 6.20. The zero-order valence-corrected chi connectivity index (χ0v) is 18.3. The standard InChI is InChI=1S/C20H31N6O4/c1-14-15(2)26-16-17(21-19(26)24(14)6-5-11-29-4)22(3)20(28)25(18(16)27)8-7-23-9-12-30-13-10-23/h16H,5-13H2,1-4H3/q+1. The summed E-state index contributed by atoms with van der Waals surface area (Å²) in [4.78, 5) is 36.2. The van der Waals surface area contributed by atoms with Crippen molar-refractivity contribution in [3.63, 3.8) is 0 Å². The van der Waals surface area contributed by atoms with Crippen molar-refractivity contribution >= 4 is 23.7 Å². The number of likely N-dealkylation sites (N-methyl/N-ethyl adjacent to an activating group) is 1. The van der Waals surface area contributed by atoms with Crippen LogP contribution in [0.15, 0.2) is 4.99 Å². The molecule has 1 unspecified atom stereocenters. The number of amides is 3. The molecule has 0 aromatic carbocycles. The zero-order chi connectivity index (χ0) is 21.4. The number of carbonyl (C=O) groups is 2. The van der Waals surface area contributed by atoms with Gasteiger partial charge >= 0.3 is 12.0 Å². The quantitative estimate of drug-likeness (QED) is 0.467. The first-order chi connectivity index (χ1) is 14.5. The summed E-state index contributed by atoms with van der Waals surface area (Å²) < 4.78 is 14.7. The van der Waals surface area contributed by atoms with Gasteiger partial charge in [0.15, 0.2) is 0 Å². The minimum absolute atomic E-state index is 0.203. The van der Waals surface area contributed by atoms with Crippen LogP contribution in [-0.2, 0) is 20.8 Å². The Kier molecular flexibility index (Phi) is 5.90. The van der Waals surface area contributed by atoms with Crippen LogP contribution in [0, 0.1) is 13.8 Å². The van der Waals surface area contributed by atoms with Crippen LogP contribution in [0.2, 0.25) is 0 Å². The predicted molar refractivity (Wildman–Crippen MR) is 109 cm³/mol. The summed E-state index contributed by atoms with van der Waals surface area (Å²) in [6.45, 7) is 9.50. The Morgan fingerprint density at radius 3 is 2.63 bits per heavy atom. The van der Waals surface area contributed by atoms with Gasteiger partial charge in [0.2, 0.25) is 11.9 Å². The van der Waals surface area contributed by atoms with Gasteiger partial charge in [-0.1, -0.05) is 4.99 Å². The number of methoxy groups -OCH3 is 1. The molecule has 0 saturated carbocycles. The topological polar surface area (TPSA) is 83.5 Å². The predicted octanol–water partition coefficient (Wildman–Crippen LogP) is 0.240. The molecule has 1 aromatic rings. The highest BCUT2D eigenvalue weighted by Crippen LogP contribution is 2.35. The van der Waals surface area contributed by atoms with E-state index in [1.54, 1.807) is 14.2 Å². The number of fused-ring (bicyclic) bond motifs is 3. The molecule has 2 fully saturated rings. The molecule has 2 saturated heterocycles. The van der Waals surface area contributed by atoms with Crippen LogP contribution >= 0.6 is 0 Å². The van der Waals surface area contributed by atoms with Gasteiger partial charge in [-0.2, -0.15) is 0 Å². The Hall–Kier alpha value is -2.30. The molecule has 3 aliphatic rings. The van der Waals surface area contributed by atoms with E-state index in [4.69, 9.17) is 14.5 Å². The summed E-state index contributed by atoms with van der Waals surface area (Å²) in [6, 6.07) is -0.899. The van der Waals surface area contributed by atoms with Crippen molar-refractivity contribution in [2.75, 3.05) is 60.2 Å². The Morgan fingerprint density at radius 2 is 1.93 bits per heavy atom. The number of rotatable bonds is 7. The molecule has 3 amide bonds. The number of hydrogen-bond donors (Lipinski definition) is 0. The van der Waals surface area contributed by atoms with E-state index in [2.05, 4.69) is 9.47 Å². The van der Waals surface area contributed by atoms with E-state index in [0.717, 1.165) is 43.4 Å². The molecular weight excluding hydrogens is 388 g/mol. The fourth-order valence-electron chi connectivity index (χ4n) is 4.41. The van der Waals surface area contributed by atoms with Crippen molar-refractivity contribution in [3.05, 3.63) is 11.4 Å². The first-order valence-corrected chi connectivity index (χ1v) is 10.5. The van der Waals surface area contributed by atoms with Crippen LogP contribution in [0.3, 0.4) is 0 Å². The van der Waals surface area contributed by atoms with Crippen LogP contribution < -0.4 is 4.57 Å². The summed E-state index contributed by atoms with van der Waals surface area (Å²) in [5.74, 6) is 1.03. The number of morpholine rings is 1. The molecule has 4 rings (SSSR count). The minimum Gasteiger partial charge on any atom is -0.385 e. The second kappa shape index (κ2) is 8.44. The zero-order valence-electron chi connectivity index (χ0n) is 18.3. The summed E-state index contributed by atoms with van der Waals surface area (Å²) in [7, 11) is 3.39. The van der Waals surface area contributed by atoms with Gasteiger partial charge in [-0.15, -0.1) is 0 Å². The summed E-state index contributed by atoms with van der Waals surface area (Å²) in [5, 5.41) is 0. The lowest BCUT2D eigenvalue weighted by Crippen LogP contribution is -2.59. The normalized spacial score (nSPS) is 21.9. The van der Waals surface area contributed by atoms with E-state index in [0.29, 0.717) is 38.7 Å². The van der Waals surface area contributed by atoms with E-state index in [1.807, 2.05) is 18.4 Å². The van der Waals surface area contributed by atoms with Crippen molar-refractivity contribution in [1.29, 1.82) is 0 Å². The second-order valence-electron chi connectivity index (χ2n) is 8.00. The maximum absolute atomic E-state index is 13.4. The van der Waals surface area contributed by atoms with Gasteiger partial charge in [-0.25, -0.2) is 13.9 Å². The van der Waals surface area contributed by atoms with Crippen LogP contribution in [0.25, 0.3) is 0 Å². The maximum atomic E-state index is 13.4. The molecule has 0 radical (unpaired) electrons. The van der Waals surface area contributed by atoms with Gasteiger partial charge in [0.25, 0.3) is 5.91 Å². The fourth-order valence-corrected chi connectivity index (χ4v) is 4.41. The SMILES string of the molecule is COCCC[n+]1c(C)c(C)n2c1N=C1C2C(=O)N(CCN2CCOCC2)C(=O)N1C. The Labute approximate surface area is 176 Å². The number of carbonyl (C=O) groups excluding carboxylic acids is 2. The molecule has 3 aliphatic heterocycles. The van der Waals surface area contributed by atoms with E-state index < -0.39 is 6.04 Å². The first-order valence-electron chi connectivity index (χ1n) is 10.5. The van der Waals surface area contributed by atoms with Crippen molar-refractivity contribution in [1.82, 2.24) is 19.3 Å². The minimum atomic E-state index is -0.588. The Balaban J connectivity index is 1.59. The number of nitrogens with zero attached hydrogens (tertiary/aromatic N) is 6. The average Bonchev–Trinajstić information content (AvgIpc) is 3.24. The molecule has 164 valence electrons. The van der Waals surface area contributed by atoms with Crippen LogP contribution in [0.4, 0.5) is 10.7 Å². The summed E-state index contributed by atoms with van der Waals surface area (Å²) >= 11 is 0. The van der Waals surface area contributed by atoms with E-state index >= 15 is 0 Å². The van der Waals surface area contributed by atoms with Crippen LogP contribution in [0.1, 0.15) is 23.9 Å². The first kappa shape index (κ1) is 21.0. The molecule has 0 spiro atoms. The Morgan fingerprint density at radius 1 is 1.20 bits per heavy atom. The molecule has 0 N–H and O–H groups in total. The third-order valence-electron chi connectivity index (χ3n) is 6.30. The van der Waals surface area contributed by atoms with Crippen molar-refractivity contribution in [2.45, 2.75) is 32.9 Å². The third kappa shape index (κ3) is 3.42. The fraction of sp³-hybridized carbons (Fsp3) is 0.700. The van der Waals surface area contributed by atoms with Crippen LogP contribution in [-0.4, -0.2) is 97.2 Å². The number of hydrogen-bond acceptors (Lipinski definition) is 6. The molecule has 1 aromatic heterocycles. The number of urea groups is 1. The average molecular weight is 420 g/mol. The number of amidine groups is 1. The molecule has 1 atom stereocenters. The van der Waals surface area contributed by atoms with Gasteiger partial charge in [0, 0.05) is 53.4 Å². The Bertz CT molecular complexity index is 873. The highest BCUT2D eigenvalue weighted by Gasteiger charge is 2.54. The monoisotopic (exact) mass is 419 g/mol. The second-order valence-corrected chi connectivity index (χ2v) is 8.00. The lowest BCUT2D eigenvalue weighted by molar-refractivity contribution is -0.689. The number of imide groups is 1. The highest BCUT2D eigenvalue weighted by atomic mass is 16.5. The number of aliphatic imine (C=N–C) groups is 1. The van der Waals surface area contributed by atoms with E-state index in [1.165, 1.54) is 9.80 Å². The molecule has 10 heteroatoms. The lowest BCUT2D eigenvalue weighted by atomic mass is 10.1. The van der Waals surface area contributed by atoms with Gasteiger partial charge < -0.3 is 9.47 Å². The van der Waals surface area contributed by atoms with Crippen molar-refractivity contribution in [2.24, 2.45) is 4.99 Å². The molecule has 10 nitrogen and oxygen atoms in total. The van der Waals surface area contributed by atoms with Gasteiger partial charge in [0.05, 0.1) is 19.8 Å². The van der Waals surface area contributed by atoms with Crippen molar-refractivity contribution in [3.8, 4) is 0 Å². The molecule has 0 aliphatic carbocycles. The molecule has 0 bridgehead atoms. The number of imidazole rings is 1.